The zero-order chi connectivity index (χ0) is 13.7. The van der Waals surface area contributed by atoms with E-state index in [4.69, 9.17) is 0 Å². The van der Waals surface area contributed by atoms with Crippen LogP contribution in [0.2, 0.25) is 0 Å². The summed E-state index contributed by atoms with van der Waals surface area (Å²) in [5.41, 5.74) is -0.00376. The van der Waals surface area contributed by atoms with Crippen LogP contribution in [0.25, 0.3) is 0 Å². The van der Waals surface area contributed by atoms with Crippen LogP contribution < -0.4 is 5.32 Å². The molecule has 2 rings (SSSR count). The molecule has 5 nitrogen and oxygen atoms in total. The van der Waals surface area contributed by atoms with E-state index in [2.05, 4.69) is 10.3 Å². The Labute approximate surface area is 112 Å². The zero-order valence-corrected chi connectivity index (χ0v) is 10.8. The summed E-state index contributed by atoms with van der Waals surface area (Å²) in [6.45, 7) is 0. The molecule has 2 N–H and O–H groups in total. The Bertz CT molecular complexity index is 453. The molecular formula is C14H18N2O3. The summed E-state index contributed by atoms with van der Waals surface area (Å²) in [7, 11) is 0. The Morgan fingerprint density at radius 3 is 2.47 bits per heavy atom. The molecule has 0 atom stereocenters. The van der Waals surface area contributed by atoms with Gasteiger partial charge in [-0.3, -0.25) is 9.78 Å². The van der Waals surface area contributed by atoms with Gasteiger partial charge in [-0.1, -0.05) is 12.8 Å². The third kappa shape index (κ3) is 3.30. The Morgan fingerprint density at radius 2 is 1.89 bits per heavy atom. The molecule has 0 aromatic carbocycles. The van der Waals surface area contributed by atoms with Crippen molar-refractivity contribution in [2.45, 2.75) is 44.1 Å². The van der Waals surface area contributed by atoms with E-state index in [0.29, 0.717) is 25.7 Å². The second-order valence-corrected chi connectivity index (χ2v) is 5.00. The van der Waals surface area contributed by atoms with Gasteiger partial charge in [-0.25, -0.2) is 4.79 Å². The molecule has 0 bridgehead atoms. The van der Waals surface area contributed by atoms with E-state index in [9.17, 15) is 14.7 Å². The van der Waals surface area contributed by atoms with Crippen molar-refractivity contribution < 1.29 is 14.7 Å². The second-order valence-electron chi connectivity index (χ2n) is 5.00. The summed E-state index contributed by atoms with van der Waals surface area (Å²) in [6.07, 6.45) is 7.05. The number of hydrogen-bond donors (Lipinski definition) is 2. The summed E-state index contributed by atoms with van der Waals surface area (Å²) in [5, 5.41) is 12.0. The van der Waals surface area contributed by atoms with Crippen molar-refractivity contribution >= 4 is 11.9 Å². The minimum atomic E-state index is -1.03. The number of carboxylic acids is 1. The lowest BCUT2D eigenvalue weighted by Gasteiger charge is -2.25. The van der Waals surface area contributed by atoms with Crippen LogP contribution in [0.5, 0.6) is 0 Å². The van der Waals surface area contributed by atoms with Crippen molar-refractivity contribution in [3.63, 3.8) is 0 Å². The average Bonchev–Trinajstić information content (AvgIpc) is 2.87. The molecule has 1 fully saturated rings. The average molecular weight is 262 g/mol. The first-order valence-electron chi connectivity index (χ1n) is 6.56. The highest BCUT2D eigenvalue weighted by Crippen LogP contribution is 2.30. The van der Waals surface area contributed by atoms with E-state index < -0.39 is 11.5 Å². The van der Waals surface area contributed by atoms with Crippen molar-refractivity contribution in [3.8, 4) is 0 Å². The molecule has 1 aromatic rings. The molecule has 1 aliphatic rings. The molecule has 5 heteroatoms. The molecule has 1 amide bonds. The summed E-state index contributed by atoms with van der Waals surface area (Å²) in [6, 6.07) is 3.71. The lowest BCUT2D eigenvalue weighted by atomic mass is 9.97. The normalized spacial score (nSPS) is 17.1. The third-order valence-electron chi connectivity index (χ3n) is 3.64. The van der Waals surface area contributed by atoms with E-state index in [-0.39, 0.29) is 5.91 Å². The summed E-state index contributed by atoms with van der Waals surface area (Å²) < 4.78 is 0. The van der Waals surface area contributed by atoms with Crippen LogP contribution in [0.1, 0.15) is 37.7 Å². The monoisotopic (exact) mass is 262 g/mol. The summed E-state index contributed by atoms with van der Waals surface area (Å²) in [4.78, 5) is 27.1. The van der Waals surface area contributed by atoms with Crippen LogP contribution in [-0.2, 0) is 16.0 Å². The van der Waals surface area contributed by atoms with Gasteiger partial charge in [0.1, 0.15) is 5.54 Å². The van der Waals surface area contributed by atoms with Gasteiger partial charge in [-0.15, -0.1) is 0 Å². The van der Waals surface area contributed by atoms with E-state index in [0.717, 1.165) is 18.4 Å². The number of aryl methyl sites for hydroxylation is 1. The highest BCUT2D eigenvalue weighted by molar-refractivity contribution is 5.87. The smallest absolute Gasteiger partial charge is 0.329 e. The Kier molecular flexibility index (Phi) is 4.14. The number of aliphatic carboxylic acids is 1. The molecule has 19 heavy (non-hydrogen) atoms. The second kappa shape index (κ2) is 5.82. The minimum absolute atomic E-state index is 0.193. The summed E-state index contributed by atoms with van der Waals surface area (Å²) in [5.74, 6) is -1.11. The Hall–Kier alpha value is -1.91. The van der Waals surface area contributed by atoms with Gasteiger partial charge in [-0.2, -0.15) is 0 Å². The van der Waals surface area contributed by atoms with Crippen molar-refractivity contribution in [1.29, 1.82) is 0 Å². The van der Waals surface area contributed by atoms with Gasteiger partial charge in [0.2, 0.25) is 5.91 Å². The number of carbonyl (C=O) groups is 2. The molecule has 0 unspecified atom stereocenters. The molecule has 1 saturated carbocycles. The highest BCUT2D eigenvalue weighted by atomic mass is 16.4. The number of pyridine rings is 1. The minimum Gasteiger partial charge on any atom is -0.480 e. The molecule has 0 aliphatic heterocycles. The van der Waals surface area contributed by atoms with E-state index >= 15 is 0 Å². The number of aromatic nitrogens is 1. The van der Waals surface area contributed by atoms with Gasteiger partial charge in [-0.05, 0) is 37.0 Å². The maximum absolute atomic E-state index is 11.9. The first-order valence-corrected chi connectivity index (χ1v) is 6.56. The van der Waals surface area contributed by atoms with Gasteiger partial charge in [0, 0.05) is 18.8 Å². The number of rotatable bonds is 5. The molecule has 0 saturated heterocycles. The fraction of sp³-hybridized carbons (Fsp3) is 0.500. The van der Waals surface area contributed by atoms with Gasteiger partial charge in [0.15, 0.2) is 0 Å². The molecule has 1 aromatic heterocycles. The molecule has 1 aliphatic carbocycles. The zero-order valence-electron chi connectivity index (χ0n) is 10.8. The lowest BCUT2D eigenvalue weighted by Crippen LogP contribution is -2.52. The number of nitrogens with zero attached hydrogens (tertiary/aromatic N) is 1. The first-order chi connectivity index (χ1) is 9.12. The van der Waals surface area contributed by atoms with E-state index in [1.807, 2.05) is 12.1 Å². The topological polar surface area (TPSA) is 79.3 Å². The van der Waals surface area contributed by atoms with Crippen LogP contribution in [0.3, 0.4) is 0 Å². The van der Waals surface area contributed by atoms with Crippen LogP contribution >= 0.6 is 0 Å². The Morgan fingerprint density at radius 1 is 1.26 bits per heavy atom. The van der Waals surface area contributed by atoms with Crippen molar-refractivity contribution in [2.75, 3.05) is 0 Å². The van der Waals surface area contributed by atoms with Crippen LogP contribution in [-0.4, -0.2) is 27.5 Å². The maximum atomic E-state index is 11.9. The van der Waals surface area contributed by atoms with Gasteiger partial charge in [0.05, 0.1) is 0 Å². The standard InChI is InChI=1S/C14H18N2O3/c17-12(4-3-11-5-9-15-10-6-11)16-14(13(18)19)7-1-2-8-14/h5-6,9-10H,1-4,7-8H2,(H,16,17)(H,18,19). The van der Waals surface area contributed by atoms with Gasteiger partial charge < -0.3 is 10.4 Å². The van der Waals surface area contributed by atoms with Crippen molar-refractivity contribution in [3.05, 3.63) is 30.1 Å². The first kappa shape index (κ1) is 13.5. The molecule has 102 valence electrons. The maximum Gasteiger partial charge on any atom is 0.329 e. The Balaban J connectivity index is 1.88. The van der Waals surface area contributed by atoms with Gasteiger partial charge in [0.25, 0.3) is 0 Å². The predicted molar refractivity (Wildman–Crippen MR) is 69.5 cm³/mol. The fourth-order valence-corrected chi connectivity index (χ4v) is 2.51. The van der Waals surface area contributed by atoms with Crippen LogP contribution in [0.15, 0.2) is 24.5 Å². The third-order valence-corrected chi connectivity index (χ3v) is 3.64. The molecule has 0 spiro atoms. The van der Waals surface area contributed by atoms with Crippen LogP contribution in [0.4, 0.5) is 0 Å². The van der Waals surface area contributed by atoms with Crippen molar-refractivity contribution in [1.82, 2.24) is 10.3 Å². The number of hydrogen-bond acceptors (Lipinski definition) is 3. The fourth-order valence-electron chi connectivity index (χ4n) is 2.51. The number of nitrogens with one attached hydrogen (secondary N) is 1. The lowest BCUT2D eigenvalue weighted by molar-refractivity contribution is -0.147. The molecule has 1 heterocycles. The highest BCUT2D eigenvalue weighted by Gasteiger charge is 2.42. The number of carboxylic acid groups (broad SMARTS) is 1. The summed E-state index contributed by atoms with van der Waals surface area (Å²) >= 11 is 0. The molecular weight excluding hydrogens is 244 g/mol. The molecule has 0 radical (unpaired) electrons. The van der Waals surface area contributed by atoms with Crippen LogP contribution in [0, 0.1) is 0 Å². The van der Waals surface area contributed by atoms with Gasteiger partial charge >= 0.3 is 5.97 Å². The predicted octanol–water partition coefficient (Wildman–Crippen LogP) is 1.53. The van der Waals surface area contributed by atoms with Crippen molar-refractivity contribution in [2.24, 2.45) is 0 Å². The van der Waals surface area contributed by atoms with E-state index in [1.165, 1.54) is 0 Å². The SMILES string of the molecule is O=C(CCc1ccncc1)NC1(C(=O)O)CCCC1. The number of carbonyl (C=O) groups excluding carboxylic acids is 1. The van der Waals surface area contributed by atoms with E-state index in [1.54, 1.807) is 12.4 Å². The number of amides is 1. The largest absolute Gasteiger partial charge is 0.480 e. The quantitative estimate of drug-likeness (QED) is 0.843.